The third-order valence-electron chi connectivity index (χ3n) is 1.88. The van der Waals surface area contributed by atoms with E-state index in [0.717, 1.165) is 6.07 Å². The van der Waals surface area contributed by atoms with Gasteiger partial charge in [-0.15, -0.1) is 0 Å². The molecule has 0 aliphatic carbocycles. The Labute approximate surface area is 106 Å². The molecule has 1 rings (SSSR count). The summed E-state index contributed by atoms with van der Waals surface area (Å²) in [5.41, 5.74) is 0.0898. The monoisotopic (exact) mass is 278 g/mol. The summed E-state index contributed by atoms with van der Waals surface area (Å²) < 4.78 is 23.6. The first kappa shape index (κ1) is 14.2. The Morgan fingerprint density at radius 3 is 2.56 bits per heavy atom. The van der Waals surface area contributed by atoms with Crippen molar-refractivity contribution in [1.82, 2.24) is 5.32 Å². The summed E-state index contributed by atoms with van der Waals surface area (Å²) >= 11 is 5.73. The van der Waals surface area contributed by atoms with E-state index in [-0.39, 0.29) is 16.3 Å². The summed E-state index contributed by atoms with van der Waals surface area (Å²) in [6.45, 7) is -0.781. The number of carbonyl (C=O) groups excluding carboxylic acids is 1. The zero-order valence-corrected chi connectivity index (χ0v) is 9.67. The van der Waals surface area contributed by atoms with Crippen LogP contribution >= 0.6 is 11.6 Å². The van der Waals surface area contributed by atoms with Crippen LogP contribution in [0.2, 0.25) is 5.02 Å². The fraction of sp³-hybridized carbons (Fsp3) is 0.200. The van der Waals surface area contributed by atoms with Gasteiger partial charge in [-0.1, -0.05) is 11.6 Å². The highest BCUT2D eigenvalue weighted by Gasteiger charge is 2.10. The van der Waals surface area contributed by atoms with Crippen molar-refractivity contribution in [2.45, 2.75) is 6.43 Å². The highest BCUT2D eigenvalue weighted by Crippen LogP contribution is 2.22. The van der Waals surface area contributed by atoms with Crippen molar-refractivity contribution in [1.29, 1.82) is 0 Å². The molecular weight excluding hydrogens is 270 g/mol. The van der Waals surface area contributed by atoms with Gasteiger partial charge in [0.15, 0.2) is 0 Å². The average Bonchev–Trinajstić information content (AvgIpc) is 2.29. The molecule has 0 saturated carbocycles. The number of hydrogen-bond acceptors (Lipinski definition) is 2. The van der Waals surface area contributed by atoms with Crippen LogP contribution in [0.5, 0.6) is 0 Å². The van der Waals surface area contributed by atoms with Gasteiger partial charge >= 0.3 is 12.0 Å². The molecule has 8 heteroatoms. The summed E-state index contributed by atoms with van der Waals surface area (Å²) in [6, 6.07) is 2.80. The van der Waals surface area contributed by atoms with Gasteiger partial charge in [-0.05, 0) is 18.2 Å². The van der Waals surface area contributed by atoms with Crippen LogP contribution in [-0.2, 0) is 0 Å². The molecule has 98 valence electrons. The first-order valence-corrected chi connectivity index (χ1v) is 5.14. The van der Waals surface area contributed by atoms with E-state index < -0.39 is 25.0 Å². The predicted molar refractivity (Wildman–Crippen MR) is 61.4 cm³/mol. The molecule has 0 aromatic heterocycles. The second kappa shape index (κ2) is 6.15. The number of rotatable bonds is 4. The van der Waals surface area contributed by atoms with Crippen LogP contribution in [-0.4, -0.2) is 30.1 Å². The fourth-order valence-corrected chi connectivity index (χ4v) is 1.31. The van der Waals surface area contributed by atoms with Crippen molar-refractivity contribution < 1.29 is 23.5 Å². The van der Waals surface area contributed by atoms with E-state index in [0.29, 0.717) is 0 Å². The number of urea groups is 1. The Kier molecular flexibility index (Phi) is 4.85. The van der Waals surface area contributed by atoms with Crippen LogP contribution in [0.25, 0.3) is 0 Å². The van der Waals surface area contributed by atoms with Crippen molar-refractivity contribution in [2.75, 3.05) is 11.9 Å². The second-order valence-corrected chi connectivity index (χ2v) is 3.63. The fourth-order valence-electron chi connectivity index (χ4n) is 1.09. The van der Waals surface area contributed by atoms with E-state index in [1.54, 1.807) is 0 Å². The van der Waals surface area contributed by atoms with Crippen molar-refractivity contribution in [3.63, 3.8) is 0 Å². The molecule has 3 N–H and O–H groups in total. The minimum Gasteiger partial charge on any atom is -0.478 e. The molecule has 1 aromatic rings. The predicted octanol–water partition coefficient (Wildman–Crippen LogP) is 2.42. The Morgan fingerprint density at radius 2 is 2.06 bits per heavy atom. The average molecular weight is 279 g/mol. The standard InChI is InChI=1S/C10H9ClF2N2O3/c11-6-3-5(9(16)17)1-2-7(6)15-10(18)14-4-8(12)13/h1-3,8H,4H2,(H,16,17)(H2,14,15,18). The number of alkyl halides is 2. The maximum atomic E-state index is 11.8. The molecule has 0 bridgehead atoms. The van der Waals surface area contributed by atoms with Crippen molar-refractivity contribution in [3.8, 4) is 0 Å². The number of aromatic carboxylic acids is 1. The Morgan fingerprint density at radius 1 is 1.39 bits per heavy atom. The quantitative estimate of drug-likeness (QED) is 0.791. The molecule has 0 heterocycles. The second-order valence-electron chi connectivity index (χ2n) is 3.23. The zero-order valence-electron chi connectivity index (χ0n) is 8.91. The number of carbonyl (C=O) groups is 2. The number of carboxylic acids is 1. The van der Waals surface area contributed by atoms with Gasteiger partial charge in [0.1, 0.15) is 0 Å². The lowest BCUT2D eigenvalue weighted by molar-refractivity contribution is 0.0697. The number of halogens is 3. The molecule has 0 aliphatic heterocycles. The van der Waals surface area contributed by atoms with Gasteiger partial charge in [0.25, 0.3) is 6.43 Å². The molecule has 0 saturated heterocycles. The first-order valence-electron chi connectivity index (χ1n) is 4.76. The highest BCUT2D eigenvalue weighted by atomic mass is 35.5. The number of hydrogen-bond donors (Lipinski definition) is 3. The maximum Gasteiger partial charge on any atom is 0.335 e. The number of anilines is 1. The lowest BCUT2D eigenvalue weighted by Gasteiger charge is -2.09. The summed E-state index contributed by atoms with van der Waals surface area (Å²) in [5.74, 6) is -1.16. The number of nitrogens with one attached hydrogen (secondary N) is 2. The summed E-state index contributed by atoms with van der Waals surface area (Å²) in [4.78, 5) is 21.8. The number of benzene rings is 1. The molecule has 0 unspecified atom stereocenters. The Hall–Kier alpha value is -1.89. The molecular formula is C10H9ClF2N2O3. The molecule has 0 spiro atoms. The van der Waals surface area contributed by atoms with Gasteiger partial charge in [0.2, 0.25) is 0 Å². The van der Waals surface area contributed by atoms with Crippen molar-refractivity contribution in [3.05, 3.63) is 28.8 Å². The summed E-state index contributed by atoms with van der Waals surface area (Å²) in [5, 5.41) is 12.8. The lowest BCUT2D eigenvalue weighted by Crippen LogP contribution is -2.32. The molecule has 0 radical (unpaired) electrons. The first-order chi connectivity index (χ1) is 8.40. The topological polar surface area (TPSA) is 78.4 Å². The van der Waals surface area contributed by atoms with Crippen LogP contribution in [0, 0.1) is 0 Å². The van der Waals surface area contributed by atoms with Crippen LogP contribution in [0.1, 0.15) is 10.4 Å². The minimum atomic E-state index is -2.65. The minimum absolute atomic E-state index is 0.00194. The molecule has 0 aliphatic rings. The summed E-state index contributed by atoms with van der Waals surface area (Å²) in [6.07, 6.45) is -2.65. The number of carboxylic acid groups (broad SMARTS) is 1. The van der Waals surface area contributed by atoms with E-state index in [1.165, 1.54) is 12.1 Å². The zero-order chi connectivity index (χ0) is 13.7. The van der Waals surface area contributed by atoms with Gasteiger partial charge < -0.3 is 15.7 Å². The third-order valence-corrected chi connectivity index (χ3v) is 2.19. The molecule has 2 amide bonds. The van der Waals surface area contributed by atoms with Crippen LogP contribution in [0.15, 0.2) is 18.2 Å². The molecule has 1 aromatic carbocycles. The Bertz CT molecular complexity index is 468. The van der Waals surface area contributed by atoms with Gasteiger partial charge in [0, 0.05) is 0 Å². The van der Waals surface area contributed by atoms with Crippen LogP contribution in [0.3, 0.4) is 0 Å². The van der Waals surface area contributed by atoms with Gasteiger partial charge in [-0.2, -0.15) is 0 Å². The molecule has 5 nitrogen and oxygen atoms in total. The Balaban J connectivity index is 2.68. The van der Waals surface area contributed by atoms with E-state index in [2.05, 4.69) is 5.32 Å². The van der Waals surface area contributed by atoms with Gasteiger partial charge in [-0.3, -0.25) is 0 Å². The van der Waals surface area contributed by atoms with Crippen LogP contribution < -0.4 is 10.6 Å². The maximum absolute atomic E-state index is 11.8. The van der Waals surface area contributed by atoms with Crippen molar-refractivity contribution in [2.24, 2.45) is 0 Å². The molecule has 0 fully saturated rings. The van der Waals surface area contributed by atoms with Gasteiger partial charge in [0.05, 0.1) is 22.8 Å². The SMILES string of the molecule is O=C(NCC(F)F)Nc1ccc(C(=O)O)cc1Cl. The lowest BCUT2D eigenvalue weighted by atomic mass is 10.2. The third kappa shape index (κ3) is 4.17. The highest BCUT2D eigenvalue weighted by molar-refractivity contribution is 6.34. The normalized spacial score (nSPS) is 10.2. The summed E-state index contributed by atoms with van der Waals surface area (Å²) in [7, 11) is 0. The largest absolute Gasteiger partial charge is 0.478 e. The van der Waals surface area contributed by atoms with Gasteiger partial charge in [-0.25, -0.2) is 18.4 Å². The van der Waals surface area contributed by atoms with E-state index in [9.17, 15) is 18.4 Å². The van der Waals surface area contributed by atoms with E-state index in [4.69, 9.17) is 16.7 Å². The van der Waals surface area contributed by atoms with E-state index in [1.807, 2.05) is 5.32 Å². The van der Waals surface area contributed by atoms with Crippen molar-refractivity contribution >= 4 is 29.3 Å². The van der Waals surface area contributed by atoms with Crippen LogP contribution in [0.4, 0.5) is 19.3 Å². The van der Waals surface area contributed by atoms with E-state index >= 15 is 0 Å². The number of amides is 2. The smallest absolute Gasteiger partial charge is 0.335 e. The molecule has 0 atom stereocenters. The molecule has 18 heavy (non-hydrogen) atoms.